The molecular weight excluding hydrogens is 164 g/mol. The van der Waals surface area contributed by atoms with Crippen LogP contribution in [0, 0.1) is 6.92 Å². The van der Waals surface area contributed by atoms with Crippen LogP contribution < -0.4 is 0 Å². The molecule has 0 fully saturated rings. The lowest BCUT2D eigenvalue weighted by atomic mass is 10.0. The zero-order chi connectivity index (χ0) is 9.84. The van der Waals surface area contributed by atoms with Crippen molar-refractivity contribution >= 4 is 0 Å². The standard InChI is InChI=1S/C11H16O2/c1-3-4-5-9-7-11(13)10(12)6-8(9)2/h6-7,12-13H,3-5H2,1-2H3. The van der Waals surface area contributed by atoms with Gasteiger partial charge in [0.1, 0.15) is 0 Å². The molecule has 0 aliphatic rings. The lowest BCUT2D eigenvalue weighted by molar-refractivity contribution is 0.402. The zero-order valence-electron chi connectivity index (χ0n) is 8.17. The van der Waals surface area contributed by atoms with Crippen molar-refractivity contribution in [3.63, 3.8) is 0 Å². The fourth-order valence-corrected chi connectivity index (χ4v) is 1.36. The molecule has 1 aromatic rings. The van der Waals surface area contributed by atoms with Crippen molar-refractivity contribution in [2.45, 2.75) is 33.1 Å². The van der Waals surface area contributed by atoms with Gasteiger partial charge in [-0.15, -0.1) is 0 Å². The quantitative estimate of drug-likeness (QED) is 0.702. The predicted octanol–water partition coefficient (Wildman–Crippen LogP) is 2.75. The Hall–Kier alpha value is -1.18. The van der Waals surface area contributed by atoms with Gasteiger partial charge in [0.15, 0.2) is 11.5 Å². The van der Waals surface area contributed by atoms with Gasteiger partial charge in [-0.3, -0.25) is 0 Å². The van der Waals surface area contributed by atoms with Crippen LogP contribution in [0.4, 0.5) is 0 Å². The molecule has 1 rings (SSSR count). The summed E-state index contributed by atoms with van der Waals surface area (Å²) >= 11 is 0. The van der Waals surface area contributed by atoms with Crippen molar-refractivity contribution in [3.8, 4) is 11.5 Å². The second kappa shape index (κ2) is 4.17. The monoisotopic (exact) mass is 180 g/mol. The molecule has 0 radical (unpaired) electrons. The molecule has 0 aliphatic heterocycles. The van der Waals surface area contributed by atoms with Crippen LogP contribution in [-0.2, 0) is 6.42 Å². The van der Waals surface area contributed by atoms with E-state index in [0.29, 0.717) is 0 Å². The molecular formula is C11H16O2. The average Bonchev–Trinajstić information content (AvgIpc) is 2.09. The van der Waals surface area contributed by atoms with Crippen LogP contribution in [0.25, 0.3) is 0 Å². The van der Waals surface area contributed by atoms with Crippen molar-refractivity contribution in [1.29, 1.82) is 0 Å². The summed E-state index contributed by atoms with van der Waals surface area (Å²) in [7, 11) is 0. The predicted molar refractivity (Wildman–Crippen MR) is 53.1 cm³/mol. The number of unbranched alkanes of at least 4 members (excludes halogenated alkanes) is 1. The average molecular weight is 180 g/mol. The van der Waals surface area contributed by atoms with Gasteiger partial charge in [-0.05, 0) is 43.0 Å². The van der Waals surface area contributed by atoms with Gasteiger partial charge < -0.3 is 10.2 Å². The molecule has 2 heteroatoms. The maximum Gasteiger partial charge on any atom is 0.157 e. The van der Waals surface area contributed by atoms with E-state index in [1.54, 1.807) is 12.1 Å². The van der Waals surface area contributed by atoms with E-state index in [9.17, 15) is 10.2 Å². The third-order valence-electron chi connectivity index (χ3n) is 2.23. The molecule has 0 heterocycles. The molecule has 13 heavy (non-hydrogen) atoms. The van der Waals surface area contributed by atoms with Crippen LogP contribution in [0.1, 0.15) is 30.9 Å². The fraction of sp³-hybridized carbons (Fsp3) is 0.455. The first-order valence-corrected chi connectivity index (χ1v) is 4.66. The Morgan fingerprint density at radius 3 is 2.38 bits per heavy atom. The van der Waals surface area contributed by atoms with E-state index in [1.165, 1.54) is 0 Å². The van der Waals surface area contributed by atoms with Crippen molar-refractivity contribution in [1.82, 2.24) is 0 Å². The molecule has 0 bridgehead atoms. The molecule has 1 aromatic carbocycles. The Labute approximate surface area is 78.8 Å². The van der Waals surface area contributed by atoms with Gasteiger partial charge in [0, 0.05) is 0 Å². The zero-order valence-corrected chi connectivity index (χ0v) is 8.17. The number of aryl methyl sites for hydroxylation is 2. The van der Waals surface area contributed by atoms with E-state index in [2.05, 4.69) is 6.92 Å². The van der Waals surface area contributed by atoms with Gasteiger partial charge in [0.25, 0.3) is 0 Å². The summed E-state index contributed by atoms with van der Waals surface area (Å²) in [5.41, 5.74) is 2.17. The van der Waals surface area contributed by atoms with Crippen LogP contribution in [0.3, 0.4) is 0 Å². The van der Waals surface area contributed by atoms with Gasteiger partial charge in [0.05, 0.1) is 0 Å². The molecule has 0 spiro atoms. The van der Waals surface area contributed by atoms with Gasteiger partial charge in [-0.25, -0.2) is 0 Å². The van der Waals surface area contributed by atoms with Gasteiger partial charge in [-0.1, -0.05) is 13.3 Å². The Bertz CT molecular complexity index is 292. The SMILES string of the molecule is CCCCc1cc(O)c(O)cc1C. The number of benzene rings is 1. The summed E-state index contributed by atoms with van der Waals surface area (Å²) in [6, 6.07) is 3.26. The van der Waals surface area contributed by atoms with Crippen LogP contribution in [0.2, 0.25) is 0 Å². The minimum atomic E-state index is -0.0299. The van der Waals surface area contributed by atoms with E-state index >= 15 is 0 Å². The van der Waals surface area contributed by atoms with E-state index in [4.69, 9.17) is 0 Å². The van der Waals surface area contributed by atoms with E-state index in [1.807, 2.05) is 6.92 Å². The first-order chi connectivity index (χ1) is 6.15. The Morgan fingerprint density at radius 1 is 1.15 bits per heavy atom. The van der Waals surface area contributed by atoms with Crippen LogP contribution in [-0.4, -0.2) is 10.2 Å². The molecule has 0 saturated heterocycles. The molecule has 0 aliphatic carbocycles. The van der Waals surface area contributed by atoms with Gasteiger partial charge in [-0.2, -0.15) is 0 Å². The molecule has 72 valence electrons. The summed E-state index contributed by atoms with van der Waals surface area (Å²) in [4.78, 5) is 0. The molecule has 0 atom stereocenters. The summed E-state index contributed by atoms with van der Waals surface area (Å²) in [5, 5.41) is 18.5. The third-order valence-corrected chi connectivity index (χ3v) is 2.23. The number of rotatable bonds is 3. The Balaban J connectivity index is 2.88. The smallest absolute Gasteiger partial charge is 0.157 e. The number of phenolic OH excluding ortho intramolecular Hbond substituents is 2. The maximum absolute atomic E-state index is 9.27. The van der Waals surface area contributed by atoms with Gasteiger partial charge in [0.2, 0.25) is 0 Å². The number of phenols is 2. The van der Waals surface area contributed by atoms with E-state index in [0.717, 1.165) is 30.4 Å². The summed E-state index contributed by atoms with van der Waals surface area (Å²) in [6.07, 6.45) is 3.22. The molecule has 0 aromatic heterocycles. The molecule has 0 amide bonds. The Morgan fingerprint density at radius 2 is 1.77 bits per heavy atom. The molecule has 0 saturated carbocycles. The van der Waals surface area contributed by atoms with Crippen molar-refractivity contribution in [2.75, 3.05) is 0 Å². The second-order valence-electron chi connectivity index (χ2n) is 3.37. The van der Waals surface area contributed by atoms with Crippen molar-refractivity contribution in [2.24, 2.45) is 0 Å². The number of aromatic hydroxyl groups is 2. The third kappa shape index (κ3) is 2.38. The lowest BCUT2D eigenvalue weighted by Crippen LogP contribution is -1.89. The van der Waals surface area contributed by atoms with Crippen LogP contribution in [0.15, 0.2) is 12.1 Å². The largest absolute Gasteiger partial charge is 0.504 e. The highest BCUT2D eigenvalue weighted by Gasteiger charge is 2.04. The normalized spacial score (nSPS) is 10.3. The van der Waals surface area contributed by atoms with Crippen molar-refractivity contribution < 1.29 is 10.2 Å². The Kier molecular flexibility index (Phi) is 3.18. The van der Waals surface area contributed by atoms with Crippen LogP contribution in [0.5, 0.6) is 11.5 Å². The summed E-state index contributed by atoms with van der Waals surface area (Å²) in [5.74, 6) is -0.0468. The maximum atomic E-state index is 9.27. The molecule has 0 unspecified atom stereocenters. The van der Waals surface area contributed by atoms with E-state index in [-0.39, 0.29) is 11.5 Å². The number of hydrogen-bond acceptors (Lipinski definition) is 2. The highest BCUT2D eigenvalue weighted by Crippen LogP contribution is 2.28. The molecule has 2 N–H and O–H groups in total. The van der Waals surface area contributed by atoms with E-state index < -0.39 is 0 Å². The first kappa shape index (κ1) is 9.90. The fourth-order valence-electron chi connectivity index (χ4n) is 1.36. The first-order valence-electron chi connectivity index (χ1n) is 4.66. The summed E-state index contributed by atoms with van der Waals surface area (Å²) < 4.78 is 0. The van der Waals surface area contributed by atoms with Crippen molar-refractivity contribution in [3.05, 3.63) is 23.3 Å². The lowest BCUT2D eigenvalue weighted by Gasteiger charge is -2.06. The van der Waals surface area contributed by atoms with Crippen LogP contribution >= 0.6 is 0 Å². The highest BCUT2D eigenvalue weighted by atomic mass is 16.3. The highest BCUT2D eigenvalue weighted by molar-refractivity contribution is 5.45. The minimum Gasteiger partial charge on any atom is -0.504 e. The second-order valence-corrected chi connectivity index (χ2v) is 3.37. The number of hydrogen-bond donors (Lipinski definition) is 2. The minimum absolute atomic E-state index is 0.0169. The van der Waals surface area contributed by atoms with Gasteiger partial charge >= 0.3 is 0 Å². The molecule has 2 nitrogen and oxygen atoms in total. The topological polar surface area (TPSA) is 40.5 Å². The summed E-state index contributed by atoms with van der Waals surface area (Å²) in [6.45, 7) is 4.08.